The van der Waals surface area contributed by atoms with Crippen LogP contribution >= 0.6 is 23.2 Å². The Bertz CT molecular complexity index is 1250. The van der Waals surface area contributed by atoms with Crippen LogP contribution in [0.15, 0.2) is 72.9 Å². The summed E-state index contributed by atoms with van der Waals surface area (Å²) < 4.78 is 22.1. The first kappa shape index (κ1) is 22.1. The lowest BCUT2D eigenvalue weighted by Gasteiger charge is -2.26. The number of hydrogen-bond donors (Lipinski definition) is 0. The van der Waals surface area contributed by atoms with Gasteiger partial charge >= 0.3 is 0 Å². The van der Waals surface area contributed by atoms with Gasteiger partial charge in [-0.05, 0) is 53.6 Å². The Morgan fingerprint density at radius 2 is 1.58 bits per heavy atom. The van der Waals surface area contributed by atoms with Gasteiger partial charge < -0.3 is 4.74 Å². The molecule has 3 aromatic carbocycles. The van der Waals surface area contributed by atoms with E-state index in [1.54, 1.807) is 18.2 Å². The minimum absolute atomic E-state index is 0.271. The summed E-state index contributed by atoms with van der Waals surface area (Å²) in [5.41, 5.74) is 5.03. The summed E-state index contributed by atoms with van der Waals surface area (Å²) in [5, 5.41) is 5.82. The molecule has 168 valence electrons. The van der Waals surface area contributed by atoms with Gasteiger partial charge in [-0.2, -0.15) is 5.10 Å². The predicted octanol–water partition coefficient (Wildman–Crippen LogP) is 6.48. The zero-order chi connectivity index (χ0) is 22.8. The maximum atomic E-state index is 14.9. The second-order valence-corrected chi connectivity index (χ2v) is 8.88. The molecule has 7 heteroatoms. The highest BCUT2D eigenvalue weighted by Gasteiger charge is 2.20. The zero-order valence-electron chi connectivity index (χ0n) is 17.8. The predicted molar refractivity (Wildman–Crippen MR) is 131 cm³/mol. The van der Waals surface area contributed by atoms with Gasteiger partial charge in [0.15, 0.2) is 0 Å². The van der Waals surface area contributed by atoms with Crippen molar-refractivity contribution in [3.05, 3.63) is 94.4 Å². The first-order valence-corrected chi connectivity index (χ1v) is 11.5. The first-order valence-electron chi connectivity index (χ1n) is 10.8. The van der Waals surface area contributed by atoms with Gasteiger partial charge in [0.2, 0.25) is 0 Å². The Hall–Kier alpha value is -2.70. The fraction of sp³-hybridized carbons (Fsp3) is 0.192. The lowest BCUT2D eigenvalue weighted by atomic mass is 10.0. The van der Waals surface area contributed by atoms with Crippen LogP contribution in [-0.2, 0) is 11.3 Å². The average molecular weight is 482 g/mol. The van der Waals surface area contributed by atoms with Crippen LogP contribution in [0.4, 0.5) is 4.39 Å². The SMILES string of the molecule is Fc1ccccc1-c1c(CN2CCOCC2)cnn1-c1ccc(-c2cc(Cl)cc(Cl)c2)cc1. The highest BCUT2D eigenvalue weighted by atomic mass is 35.5. The van der Waals surface area contributed by atoms with Crippen molar-refractivity contribution in [2.75, 3.05) is 26.3 Å². The van der Waals surface area contributed by atoms with Crippen molar-refractivity contribution in [1.82, 2.24) is 14.7 Å². The van der Waals surface area contributed by atoms with E-state index in [9.17, 15) is 4.39 Å². The van der Waals surface area contributed by atoms with E-state index in [1.165, 1.54) is 6.07 Å². The van der Waals surface area contributed by atoms with E-state index in [0.717, 1.165) is 41.2 Å². The molecule has 1 saturated heterocycles. The first-order chi connectivity index (χ1) is 16.1. The quantitative estimate of drug-likeness (QED) is 0.326. The molecular weight excluding hydrogens is 460 g/mol. The number of rotatable bonds is 5. The molecule has 33 heavy (non-hydrogen) atoms. The summed E-state index contributed by atoms with van der Waals surface area (Å²) in [6.07, 6.45) is 1.84. The van der Waals surface area contributed by atoms with Gasteiger partial charge in [-0.1, -0.05) is 47.5 Å². The molecule has 1 aromatic heterocycles. The molecular formula is C26H22Cl2FN3O. The van der Waals surface area contributed by atoms with E-state index in [0.29, 0.717) is 35.4 Å². The minimum atomic E-state index is -0.271. The third-order valence-electron chi connectivity index (χ3n) is 5.78. The molecule has 1 fully saturated rings. The normalized spacial score (nSPS) is 14.5. The van der Waals surface area contributed by atoms with Crippen molar-refractivity contribution >= 4 is 23.2 Å². The van der Waals surface area contributed by atoms with Gasteiger partial charge in [-0.3, -0.25) is 4.90 Å². The Morgan fingerprint density at radius 3 is 2.27 bits per heavy atom. The molecule has 2 heterocycles. The molecule has 1 aliphatic heterocycles. The van der Waals surface area contributed by atoms with Gasteiger partial charge in [0, 0.05) is 40.8 Å². The lowest BCUT2D eigenvalue weighted by Crippen LogP contribution is -2.35. The largest absolute Gasteiger partial charge is 0.379 e. The van der Waals surface area contributed by atoms with Gasteiger partial charge in [0.25, 0.3) is 0 Å². The molecule has 0 bridgehead atoms. The number of aromatic nitrogens is 2. The van der Waals surface area contributed by atoms with Crippen LogP contribution in [0, 0.1) is 5.82 Å². The molecule has 0 saturated carbocycles. The molecule has 0 aliphatic carbocycles. The van der Waals surface area contributed by atoms with Crippen molar-refractivity contribution in [3.63, 3.8) is 0 Å². The molecule has 5 rings (SSSR count). The van der Waals surface area contributed by atoms with Crippen LogP contribution in [-0.4, -0.2) is 41.0 Å². The number of benzene rings is 3. The monoisotopic (exact) mass is 481 g/mol. The van der Waals surface area contributed by atoms with E-state index in [2.05, 4.69) is 10.00 Å². The second kappa shape index (κ2) is 9.65. The third-order valence-corrected chi connectivity index (χ3v) is 6.22. The standard InChI is InChI=1S/C26H22Cl2FN3O/c27-21-13-19(14-22(28)15-21)18-5-7-23(8-6-18)32-26(24-3-1-2-4-25(24)29)20(16-30-32)17-31-9-11-33-12-10-31/h1-8,13-16H,9-12,17H2. The summed E-state index contributed by atoms with van der Waals surface area (Å²) in [4.78, 5) is 2.31. The highest BCUT2D eigenvalue weighted by Crippen LogP contribution is 2.32. The number of morpholine rings is 1. The Morgan fingerprint density at radius 1 is 0.879 bits per heavy atom. The van der Waals surface area contributed by atoms with Gasteiger partial charge in [0.1, 0.15) is 5.82 Å². The summed E-state index contributed by atoms with van der Waals surface area (Å²) in [6.45, 7) is 3.79. The lowest BCUT2D eigenvalue weighted by molar-refractivity contribution is 0.0342. The van der Waals surface area contributed by atoms with Crippen LogP contribution in [0.5, 0.6) is 0 Å². The van der Waals surface area contributed by atoms with E-state index in [1.807, 2.05) is 53.3 Å². The minimum Gasteiger partial charge on any atom is -0.379 e. The van der Waals surface area contributed by atoms with E-state index >= 15 is 0 Å². The van der Waals surface area contributed by atoms with Gasteiger partial charge in [0.05, 0.1) is 30.8 Å². The van der Waals surface area contributed by atoms with Crippen LogP contribution in [0.2, 0.25) is 10.0 Å². The van der Waals surface area contributed by atoms with E-state index in [-0.39, 0.29) is 5.82 Å². The number of hydrogen-bond acceptors (Lipinski definition) is 3. The van der Waals surface area contributed by atoms with Crippen molar-refractivity contribution in [2.24, 2.45) is 0 Å². The van der Waals surface area contributed by atoms with Gasteiger partial charge in [-0.25, -0.2) is 9.07 Å². The van der Waals surface area contributed by atoms with Crippen molar-refractivity contribution in [1.29, 1.82) is 0 Å². The Kier molecular flexibility index (Phi) is 6.47. The maximum absolute atomic E-state index is 14.9. The number of nitrogens with zero attached hydrogens (tertiary/aromatic N) is 3. The summed E-state index contributed by atoms with van der Waals surface area (Å²) in [5.74, 6) is -0.271. The maximum Gasteiger partial charge on any atom is 0.132 e. The van der Waals surface area contributed by atoms with Crippen LogP contribution < -0.4 is 0 Å². The Labute approximate surface area is 202 Å². The molecule has 4 aromatic rings. The topological polar surface area (TPSA) is 30.3 Å². The molecule has 4 nitrogen and oxygen atoms in total. The highest BCUT2D eigenvalue weighted by molar-refractivity contribution is 6.35. The van der Waals surface area contributed by atoms with Crippen molar-refractivity contribution in [3.8, 4) is 28.1 Å². The van der Waals surface area contributed by atoms with Crippen LogP contribution in [0.1, 0.15) is 5.56 Å². The summed E-state index contributed by atoms with van der Waals surface area (Å²) in [6, 6.07) is 20.2. The summed E-state index contributed by atoms with van der Waals surface area (Å²) in [7, 11) is 0. The number of ether oxygens (including phenoxy) is 1. The third kappa shape index (κ3) is 4.82. The molecule has 0 radical (unpaired) electrons. The van der Waals surface area contributed by atoms with Crippen LogP contribution in [0.3, 0.4) is 0 Å². The zero-order valence-corrected chi connectivity index (χ0v) is 19.4. The molecule has 0 atom stereocenters. The Balaban J connectivity index is 1.54. The molecule has 0 N–H and O–H groups in total. The number of halogens is 3. The van der Waals surface area contributed by atoms with Gasteiger partial charge in [-0.15, -0.1) is 0 Å². The van der Waals surface area contributed by atoms with Crippen molar-refractivity contribution < 1.29 is 9.13 Å². The molecule has 0 unspecified atom stereocenters. The fourth-order valence-electron chi connectivity index (χ4n) is 4.15. The fourth-order valence-corrected chi connectivity index (χ4v) is 4.68. The second-order valence-electron chi connectivity index (χ2n) is 8.00. The molecule has 1 aliphatic rings. The molecule has 0 amide bonds. The average Bonchev–Trinajstić information content (AvgIpc) is 3.23. The smallest absolute Gasteiger partial charge is 0.132 e. The van der Waals surface area contributed by atoms with Crippen LogP contribution in [0.25, 0.3) is 28.1 Å². The summed E-state index contributed by atoms with van der Waals surface area (Å²) >= 11 is 12.3. The molecule has 0 spiro atoms. The van der Waals surface area contributed by atoms with E-state index in [4.69, 9.17) is 27.9 Å². The van der Waals surface area contributed by atoms with E-state index < -0.39 is 0 Å². The van der Waals surface area contributed by atoms with Crippen molar-refractivity contribution in [2.45, 2.75) is 6.54 Å².